The third-order valence-corrected chi connectivity index (χ3v) is 3.08. The van der Waals surface area contributed by atoms with E-state index in [0.717, 1.165) is 10.8 Å². The van der Waals surface area contributed by atoms with Gasteiger partial charge in [-0.2, -0.15) is 0 Å². The first-order valence-corrected chi connectivity index (χ1v) is 5.83. The number of primary sulfonamides is 1. The lowest BCUT2D eigenvalue weighted by Crippen LogP contribution is -2.11. The average molecular weight is 222 g/mol. The molecule has 0 aliphatic carbocycles. The van der Waals surface area contributed by atoms with E-state index in [2.05, 4.69) is 0 Å². The van der Waals surface area contributed by atoms with Crippen LogP contribution in [0.5, 0.6) is 0 Å². The van der Waals surface area contributed by atoms with Crippen LogP contribution in [0.25, 0.3) is 10.8 Å². The number of anilines is 1. The minimum atomic E-state index is -3.64. The van der Waals surface area contributed by atoms with Gasteiger partial charge >= 0.3 is 0 Å². The zero-order valence-corrected chi connectivity index (χ0v) is 8.66. The van der Waals surface area contributed by atoms with Gasteiger partial charge in [-0.1, -0.05) is 12.1 Å². The first-order valence-electron chi connectivity index (χ1n) is 4.29. The molecule has 4 N–H and O–H groups in total. The molecule has 2 aromatic rings. The van der Waals surface area contributed by atoms with E-state index in [4.69, 9.17) is 10.9 Å². The van der Waals surface area contributed by atoms with Crippen molar-refractivity contribution in [3.63, 3.8) is 0 Å². The number of rotatable bonds is 1. The molecule has 0 unspecified atom stereocenters. The number of fused-ring (bicyclic) bond motifs is 1. The van der Waals surface area contributed by atoms with Crippen LogP contribution < -0.4 is 10.9 Å². The molecule has 2 rings (SSSR count). The molecule has 0 atom stereocenters. The largest absolute Gasteiger partial charge is 0.399 e. The van der Waals surface area contributed by atoms with Crippen molar-refractivity contribution >= 4 is 26.5 Å². The maximum Gasteiger partial charge on any atom is 0.238 e. The Morgan fingerprint density at radius 2 is 1.53 bits per heavy atom. The molecule has 0 aliphatic heterocycles. The lowest BCUT2D eigenvalue weighted by molar-refractivity contribution is 0.598. The second kappa shape index (κ2) is 3.22. The molecule has 0 saturated heterocycles. The van der Waals surface area contributed by atoms with Crippen molar-refractivity contribution < 1.29 is 8.42 Å². The molecule has 0 bridgehead atoms. The van der Waals surface area contributed by atoms with Gasteiger partial charge in [0.2, 0.25) is 10.0 Å². The lowest BCUT2D eigenvalue weighted by Gasteiger charge is -2.02. The topological polar surface area (TPSA) is 86.2 Å². The van der Waals surface area contributed by atoms with E-state index < -0.39 is 10.0 Å². The highest BCUT2D eigenvalue weighted by atomic mass is 32.2. The number of nitrogens with two attached hydrogens (primary N) is 2. The predicted molar refractivity (Wildman–Crippen MR) is 59.7 cm³/mol. The number of nitrogen functional groups attached to an aromatic ring is 1. The first-order chi connectivity index (χ1) is 6.97. The molecule has 0 radical (unpaired) electrons. The van der Waals surface area contributed by atoms with Gasteiger partial charge in [0.1, 0.15) is 0 Å². The van der Waals surface area contributed by atoms with Gasteiger partial charge in [-0.25, -0.2) is 13.6 Å². The fourth-order valence-electron chi connectivity index (χ4n) is 1.42. The van der Waals surface area contributed by atoms with Gasteiger partial charge in [0, 0.05) is 5.69 Å². The quantitative estimate of drug-likeness (QED) is 0.707. The molecule has 2 aromatic carbocycles. The molecule has 15 heavy (non-hydrogen) atoms. The summed E-state index contributed by atoms with van der Waals surface area (Å²) in [4.78, 5) is 0.111. The third-order valence-electron chi connectivity index (χ3n) is 2.16. The van der Waals surface area contributed by atoms with E-state index in [1.54, 1.807) is 24.3 Å². The van der Waals surface area contributed by atoms with Gasteiger partial charge in [0.15, 0.2) is 0 Å². The van der Waals surface area contributed by atoms with Crippen LogP contribution in [0.15, 0.2) is 41.3 Å². The Morgan fingerprint density at radius 3 is 2.20 bits per heavy atom. The fourth-order valence-corrected chi connectivity index (χ4v) is 1.97. The number of benzene rings is 2. The van der Waals surface area contributed by atoms with Crippen molar-refractivity contribution in [1.82, 2.24) is 0 Å². The van der Waals surface area contributed by atoms with Crippen molar-refractivity contribution in [2.75, 3.05) is 5.73 Å². The number of sulfonamides is 1. The summed E-state index contributed by atoms with van der Waals surface area (Å²) in [6.07, 6.45) is 0. The molecule has 0 saturated carbocycles. The van der Waals surface area contributed by atoms with Gasteiger partial charge in [-0.3, -0.25) is 0 Å². The maximum atomic E-state index is 11.1. The van der Waals surface area contributed by atoms with Gasteiger partial charge in [-0.15, -0.1) is 0 Å². The van der Waals surface area contributed by atoms with Gasteiger partial charge in [0.25, 0.3) is 0 Å². The van der Waals surface area contributed by atoms with Gasteiger partial charge in [0.05, 0.1) is 4.90 Å². The Labute approximate surface area is 87.6 Å². The Kier molecular flexibility index (Phi) is 2.13. The SMILES string of the molecule is Nc1ccc2cc(S(N)(=O)=O)ccc2c1. The summed E-state index contributed by atoms with van der Waals surface area (Å²) in [6, 6.07) is 9.95. The lowest BCUT2D eigenvalue weighted by atomic mass is 10.1. The van der Waals surface area contributed by atoms with E-state index in [9.17, 15) is 8.42 Å². The smallest absolute Gasteiger partial charge is 0.238 e. The summed E-state index contributed by atoms with van der Waals surface area (Å²) < 4.78 is 22.2. The van der Waals surface area contributed by atoms with Crippen molar-refractivity contribution in [3.8, 4) is 0 Å². The van der Waals surface area contributed by atoms with E-state index in [-0.39, 0.29) is 4.90 Å². The zero-order valence-electron chi connectivity index (χ0n) is 7.84. The average Bonchev–Trinajstić information content (AvgIpc) is 2.15. The van der Waals surface area contributed by atoms with E-state index in [1.165, 1.54) is 12.1 Å². The minimum absolute atomic E-state index is 0.111. The van der Waals surface area contributed by atoms with Crippen molar-refractivity contribution in [3.05, 3.63) is 36.4 Å². The summed E-state index contributed by atoms with van der Waals surface area (Å²) in [6.45, 7) is 0. The molecule has 0 spiro atoms. The van der Waals surface area contributed by atoms with Crippen LogP contribution in [0.4, 0.5) is 5.69 Å². The van der Waals surface area contributed by atoms with Crippen LogP contribution in [0.3, 0.4) is 0 Å². The Hall–Kier alpha value is -1.59. The summed E-state index contributed by atoms with van der Waals surface area (Å²) in [7, 11) is -3.64. The highest BCUT2D eigenvalue weighted by Gasteiger charge is 2.07. The second-order valence-corrected chi connectivity index (χ2v) is 4.87. The van der Waals surface area contributed by atoms with Crippen LogP contribution in [-0.2, 0) is 10.0 Å². The molecule has 5 heteroatoms. The molecule has 0 amide bonds. The van der Waals surface area contributed by atoms with Crippen LogP contribution >= 0.6 is 0 Å². The van der Waals surface area contributed by atoms with E-state index >= 15 is 0 Å². The van der Waals surface area contributed by atoms with Crippen LogP contribution in [0, 0.1) is 0 Å². The van der Waals surface area contributed by atoms with Crippen LogP contribution in [-0.4, -0.2) is 8.42 Å². The normalized spacial score (nSPS) is 11.8. The predicted octanol–water partition coefficient (Wildman–Crippen LogP) is 1.07. The Bertz CT molecular complexity index is 620. The fraction of sp³-hybridized carbons (Fsp3) is 0. The van der Waals surface area contributed by atoms with Crippen molar-refractivity contribution in [1.29, 1.82) is 0 Å². The first kappa shape index (κ1) is 9.95. The molecular weight excluding hydrogens is 212 g/mol. The Morgan fingerprint density at radius 1 is 0.933 bits per heavy atom. The summed E-state index contributed by atoms with van der Waals surface area (Å²) in [5.74, 6) is 0. The summed E-state index contributed by atoms with van der Waals surface area (Å²) in [5, 5.41) is 6.72. The van der Waals surface area contributed by atoms with Crippen LogP contribution in [0.2, 0.25) is 0 Å². The Balaban J connectivity index is 2.73. The van der Waals surface area contributed by atoms with Crippen LogP contribution in [0.1, 0.15) is 0 Å². The molecule has 78 valence electrons. The molecular formula is C10H10N2O2S. The van der Waals surface area contributed by atoms with Crippen molar-refractivity contribution in [2.24, 2.45) is 5.14 Å². The molecule has 4 nitrogen and oxygen atoms in total. The molecule has 0 fully saturated rings. The van der Waals surface area contributed by atoms with Crippen molar-refractivity contribution in [2.45, 2.75) is 4.90 Å². The summed E-state index contributed by atoms with van der Waals surface area (Å²) in [5.41, 5.74) is 6.25. The van der Waals surface area contributed by atoms with Gasteiger partial charge in [-0.05, 0) is 35.0 Å². The standard InChI is InChI=1S/C10H10N2O2S/c11-9-3-1-8-6-10(15(12,13)14)4-2-7(8)5-9/h1-6H,11H2,(H2,12,13,14). The maximum absolute atomic E-state index is 11.1. The minimum Gasteiger partial charge on any atom is -0.399 e. The number of hydrogen-bond acceptors (Lipinski definition) is 3. The summed E-state index contributed by atoms with van der Waals surface area (Å²) >= 11 is 0. The highest BCUT2D eigenvalue weighted by Crippen LogP contribution is 2.20. The molecule has 0 aromatic heterocycles. The number of hydrogen-bond donors (Lipinski definition) is 2. The molecule has 0 aliphatic rings. The monoisotopic (exact) mass is 222 g/mol. The van der Waals surface area contributed by atoms with Gasteiger partial charge < -0.3 is 5.73 Å². The third kappa shape index (κ3) is 1.93. The molecule has 0 heterocycles. The highest BCUT2D eigenvalue weighted by molar-refractivity contribution is 7.89. The van der Waals surface area contributed by atoms with E-state index in [1.807, 2.05) is 0 Å². The van der Waals surface area contributed by atoms with E-state index in [0.29, 0.717) is 5.69 Å². The zero-order chi connectivity index (χ0) is 11.1. The second-order valence-electron chi connectivity index (χ2n) is 3.31.